The molecular weight excluding hydrogens is 286 g/mol. The van der Waals surface area contributed by atoms with E-state index >= 15 is 0 Å². The number of aliphatic hydroxyl groups excluding tert-OH is 1. The van der Waals surface area contributed by atoms with E-state index in [1.165, 1.54) is 64.3 Å². The van der Waals surface area contributed by atoms with Crippen molar-refractivity contribution in [2.24, 2.45) is 11.8 Å². The van der Waals surface area contributed by atoms with E-state index in [4.69, 9.17) is 4.74 Å². The maximum atomic E-state index is 9.39. The minimum atomic E-state index is 0.336. The molecule has 1 heterocycles. The lowest BCUT2D eigenvalue weighted by Crippen LogP contribution is -2.42. The molecule has 1 saturated heterocycles. The minimum Gasteiger partial charge on any atom is -0.395 e. The number of likely N-dealkylation sites (tertiary alicyclic amines) is 1. The fraction of sp³-hybridized carbons (Fsp3) is 1.00. The molecule has 23 heavy (non-hydrogen) atoms. The van der Waals surface area contributed by atoms with Crippen molar-refractivity contribution >= 4 is 0 Å². The average Bonchev–Trinajstić information content (AvgIpc) is 3.01. The second kappa shape index (κ2) is 13.2. The van der Waals surface area contributed by atoms with Crippen LogP contribution in [0.3, 0.4) is 0 Å². The van der Waals surface area contributed by atoms with Gasteiger partial charge in [0.2, 0.25) is 0 Å². The first kappa shape index (κ1) is 20.9. The van der Waals surface area contributed by atoms with Crippen LogP contribution in [0, 0.1) is 11.8 Å². The molecule has 138 valence electrons. The number of nitrogens with zero attached hydrogens (tertiary/aromatic N) is 1. The van der Waals surface area contributed by atoms with E-state index in [9.17, 15) is 5.11 Å². The topological polar surface area (TPSA) is 32.7 Å². The third-order valence-electron chi connectivity index (χ3n) is 5.35. The summed E-state index contributed by atoms with van der Waals surface area (Å²) < 4.78 is 5.85. The number of hydrogen-bond acceptors (Lipinski definition) is 3. The van der Waals surface area contributed by atoms with E-state index < -0.39 is 0 Å². The molecule has 0 spiro atoms. The van der Waals surface area contributed by atoms with Crippen molar-refractivity contribution in [3.63, 3.8) is 0 Å². The minimum absolute atomic E-state index is 0.336. The van der Waals surface area contributed by atoms with E-state index in [0.717, 1.165) is 31.6 Å². The molecule has 2 fully saturated rings. The predicted octanol–water partition coefficient (Wildman–Crippen LogP) is 4.48. The van der Waals surface area contributed by atoms with Crippen LogP contribution in [0.15, 0.2) is 0 Å². The summed E-state index contributed by atoms with van der Waals surface area (Å²) in [4.78, 5) is 2.49. The van der Waals surface area contributed by atoms with E-state index in [1.807, 2.05) is 13.8 Å². The molecule has 0 aromatic carbocycles. The summed E-state index contributed by atoms with van der Waals surface area (Å²) in [6.07, 6.45) is 11.6. The highest BCUT2D eigenvalue weighted by molar-refractivity contribution is 4.76. The zero-order chi connectivity index (χ0) is 16.9. The first-order valence-electron chi connectivity index (χ1n) is 10.2. The normalized spacial score (nSPS) is 28.4. The SMILES string of the molecule is CC.CC1CCC(COCCCCCN2CCCCC2CO)C1. The molecule has 0 aromatic heterocycles. The molecule has 0 radical (unpaired) electrons. The smallest absolute Gasteiger partial charge is 0.0586 e. The zero-order valence-electron chi connectivity index (χ0n) is 15.9. The molecule has 0 aromatic rings. The first-order chi connectivity index (χ1) is 11.3. The third-order valence-corrected chi connectivity index (χ3v) is 5.35. The summed E-state index contributed by atoms with van der Waals surface area (Å²) in [5.74, 6) is 1.75. The van der Waals surface area contributed by atoms with E-state index in [1.54, 1.807) is 0 Å². The molecule has 3 unspecified atom stereocenters. The molecule has 1 saturated carbocycles. The lowest BCUT2D eigenvalue weighted by Gasteiger charge is -2.34. The molecule has 0 amide bonds. The highest BCUT2D eigenvalue weighted by atomic mass is 16.5. The van der Waals surface area contributed by atoms with Gasteiger partial charge in [-0.25, -0.2) is 0 Å². The van der Waals surface area contributed by atoms with Gasteiger partial charge in [-0.1, -0.05) is 33.6 Å². The van der Waals surface area contributed by atoms with Gasteiger partial charge in [-0.05, 0) is 69.9 Å². The van der Waals surface area contributed by atoms with E-state index in [-0.39, 0.29) is 0 Å². The van der Waals surface area contributed by atoms with Crippen LogP contribution in [0.4, 0.5) is 0 Å². The van der Waals surface area contributed by atoms with Gasteiger partial charge in [-0.2, -0.15) is 0 Å². The Morgan fingerprint density at radius 3 is 2.57 bits per heavy atom. The van der Waals surface area contributed by atoms with Gasteiger partial charge in [-0.15, -0.1) is 0 Å². The van der Waals surface area contributed by atoms with Gasteiger partial charge in [0.05, 0.1) is 6.61 Å². The third kappa shape index (κ3) is 8.51. The second-order valence-electron chi connectivity index (χ2n) is 7.29. The number of aliphatic hydroxyl groups is 1. The highest BCUT2D eigenvalue weighted by Crippen LogP contribution is 2.30. The van der Waals surface area contributed by atoms with E-state index in [0.29, 0.717) is 12.6 Å². The van der Waals surface area contributed by atoms with Gasteiger partial charge >= 0.3 is 0 Å². The van der Waals surface area contributed by atoms with Gasteiger partial charge in [-0.3, -0.25) is 4.90 Å². The fourth-order valence-electron chi connectivity index (χ4n) is 3.98. The zero-order valence-corrected chi connectivity index (χ0v) is 15.9. The molecular formula is C20H41NO2. The van der Waals surface area contributed by atoms with Crippen molar-refractivity contribution in [1.29, 1.82) is 0 Å². The van der Waals surface area contributed by atoms with Crippen LogP contribution in [-0.2, 0) is 4.74 Å². The van der Waals surface area contributed by atoms with Gasteiger partial charge in [0.25, 0.3) is 0 Å². The van der Waals surface area contributed by atoms with Gasteiger partial charge in [0.1, 0.15) is 0 Å². The first-order valence-corrected chi connectivity index (χ1v) is 10.2. The predicted molar refractivity (Wildman–Crippen MR) is 98.8 cm³/mol. The van der Waals surface area contributed by atoms with Gasteiger partial charge in [0.15, 0.2) is 0 Å². The summed E-state index contributed by atoms with van der Waals surface area (Å²) in [6.45, 7) is 11.0. The Kier molecular flexibility index (Phi) is 12.0. The standard InChI is InChI=1S/C18H35NO2.C2H6/c1-16-8-9-17(13-16)15-21-12-6-2-4-10-19-11-5-3-7-18(19)14-20;1-2/h16-18,20H,2-15H2,1H3;1-2H3. The lowest BCUT2D eigenvalue weighted by molar-refractivity contribution is 0.0828. The molecule has 1 aliphatic carbocycles. The Morgan fingerprint density at radius 1 is 1.04 bits per heavy atom. The molecule has 0 bridgehead atoms. The molecule has 1 aliphatic heterocycles. The van der Waals surface area contributed by atoms with Gasteiger partial charge < -0.3 is 9.84 Å². The van der Waals surface area contributed by atoms with Crippen LogP contribution in [0.5, 0.6) is 0 Å². The molecule has 2 rings (SSSR count). The van der Waals surface area contributed by atoms with E-state index in [2.05, 4.69) is 11.8 Å². The van der Waals surface area contributed by atoms with Crippen LogP contribution in [0.25, 0.3) is 0 Å². The van der Waals surface area contributed by atoms with Crippen LogP contribution in [-0.4, -0.2) is 49.0 Å². The fourth-order valence-corrected chi connectivity index (χ4v) is 3.98. The lowest BCUT2D eigenvalue weighted by atomic mass is 10.0. The Balaban J connectivity index is 0.00000127. The van der Waals surface area contributed by atoms with Crippen molar-refractivity contribution in [2.75, 3.05) is 32.9 Å². The molecule has 3 nitrogen and oxygen atoms in total. The maximum Gasteiger partial charge on any atom is 0.0586 e. The van der Waals surface area contributed by atoms with Crippen LogP contribution in [0.2, 0.25) is 0 Å². The van der Waals surface area contributed by atoms with Crippen LogP contribution < -0.4 is 0 Å². The maximum absolute atomic E-state index is 9.39. The van der Waals surface area contributed by atoms with Crippen molar-refractivity contribution in [3.05, 3.63) is 0 Å². The number of ether oxygens (including phenoxy) is 1. The summed E-state index contributed by atoms with van der Waals surface area (Å²) in [7, 11) is 0. The highest BCUT2D eigenvalue weighted by Gasteiger charge is 2.21. The number of rotatable bonds is 9. The van der Waals surface area contributed by atoms with Crippen molar-refractivity contribution in [3.8, 4) is 0 Å². The van der Waals surface area contributed by atoms with Crippen LogP contribution >= 0.6 is 0 Å². The summed E-state index contributed by atoms with van der Waals surface area (Å²) in [5, 5.41) is 9.39. The number of hydrogen-bond donors (Lipinski definition) is 1. The average molecular weight is 328 g/mol. The second-order valence-corrected chi connectivity index (χ2v) is 7.29. The van der Waals surface area contributed by atoms with Crippen molar-refractivity contribution in [1.82, 2.24) is 4.90 Å². The monoisotopic (exact) mass is 327 g/mol. The summed E-state index contributed by atoms with van der Waals surface area (Å²) in [5.41, 5.74) is 0. The molecule has 1 N–H and O–H groups in total. The molecule has 3 heteroatoms. The van der Waals surface area contributed by atoms with Crippen molar-refractivity contribution < 1.29 is 9.84 Å². The quantitative estimate of drug-likeness (QED) is 0.634. The molecule has 3 atom stereocenters. The number of piperidine rings is 1. The summed E-state index contributed by atoms with van der Waals surface area (Å²) in [6, 6.07) is 0.430. The van der Waals surface area contributed by atoms with Gasteiger partial charge in [0, 0.05) is 19.3 Å². The summed E-state index contributed by atoms with van der Waals surface area (Å²) >= 11 is 0. The Hall–Kier alpha value is -0.120. The Labute approximate surface area is 144 Å². The largest absolute Gasteiger partial charge is 0.395 e. The molecule has 2 aliphatic rings. The number of unbranched alkanes of at least 4 members (excludes halogenated alkanes) is 2. The Morgan fingerprint density at radius 2 is 1.87 bits per heavy atom. The van der Waals surface area contributed by atoms with Crippen molar-refractivity contribution in [2.45, 2.75) is 84.6 Å². The Bertz CT molecular complexity index is 272. The van der Waals surface area contributed by atoms with Crippen LogP contribution in [0.1, 0.15) is 78.6 Å².